The van der Waals surface area contributed by atoms with Crippen LogP contribution in [0.15, 0.2) is 36.4 Å². The van der Waals surface area contributed by atoms with Crippen molar-refractivity contribution in [2.45, 2.75) is 44.9 Å². The van der Waals surface area contributed by atoms with Crippen LogP contribution in [-0.2, 0) is 4.79 Å². The first kappa shape index (κ1) is 19.1. The summed E-state index contributed by atoms with van der Waals surface area (Å²) in [6.07, 6.45) is 4.46. The number of H-pyrrole nitrogens is 1. The normalized spacial score (nSPS) is 15.0. The third-order valence-corrected chi connectivity index (χ3v) is 5.30. The summed E-state index contributed by atoms with van der Waals surface area (Å²) in [6.45, 7) is 3.66. The topological polar surface area (TPSA) is 69.3 Å². The number of likely N-dealkylation sites (tertiary alicyclic amines) is 1. The van der Waals surface area contributed by atoms with Gasteiger partial charge in [0.1, 0.15) is 0 Å². The highest BCUT2D eigenvalue weighted by atomic mass is 16.2. The molecule has 2 amide bonds. The summed E-state index contributed by atoms with van der Waals surface area (Å²) in [5, 5.41) is 7.28. The molecule has 6 heteroatoms. The first-order chi connectivity index (χ1) is 13.1. The van der Waals surface area contributed by atoms with E-state index in [4.69, 9.17) is 0 Å². The Bertz CT molecular complexity index is 763. The highest BCUT2D eigenvalue weighted by Gasteiger charge is 2.26. The maximum absolute atomic E-state index is 12.7. The van der Waals surface area contributed by atoms with Crippen molar-refractivity contribution in [3.63, 3.8) is 0 Å². The van der Waals surface area contributed by atoms with Gasteiger partial charge in [-0.3, -0.25) is 14.7 Å². The van der Waals surface area contributed by atoms with Gasteiger partial charge in [-0.1, -0.05) is 31.5 Å². The molecule has 1 saturated heterocycles. The molecule has 3 rings (SSSR count). The zero-order valence-electron chi connectivity index (χ0n) is 16.1. The lowest BCUT2D eigenvalue weighted by Gasteiger charge is -2.31. The second-order valence-corrected chi connectivity index (χ2v) is 7.17. The van der Waals surface area contributed by atoms with Crippen LogP contribution >= 0.6 is 0 Å². The molecule has 1 fully saturated rings. The van der Waals surface area contributed by atoms with Crippen molar-refractivity contribution in [1.82, 2.24) is 15.1 Å². The molecule has 6 nitrogen and oxygen atoms in total. The van der Waals surface area contributed by atoms with Gasteiger partial charge in [-0.15, -0.1) is 0 Å². The fourth-order valence-electron chi connectivity index (χ4n) is 3.52. The van der Waals surface area contributed by atoms with Gasteiger partial charge in [0, 0.05) is 43.9 Å². The van der Waals surface area contributed by atoms with E-state index in [-0.39, 0.29) is 11.8 Å². The Morgan fingerprint density at radius 2 is 1.93 bits per heavy atom. The third kappa shape index (κ3) is 4.56. The van der Waals surface area contributed by atoms with Crippen LogP contribution < -0.4 is 4.90 Å². The van der Waals surface area contributed by atoms with E-state index < -0.39 is 0 Å². The third-order valence-electron chi connectivity index (χ3n) is 5.30. The molecule has 144 valence electrons. The first-order valence-corrected chi connectivity index (χ1v) is 9.76. The number of aromatic amines is 1. The van der Waals surface area contributed by atoms with E-state index in [0.29, 0.717) is 18.0 Å². The van der Waals surface area contributed by atoms with E-state index in [1.165, 1.54) is 0 Å². The maximum atomic E-state index is 12.7. The second-order valence-electron chi connectivity index (χ2n) is 7.17. The van der Waals surface area contributed by atoms with Crippen molar-refractivity contribution in [2.75, 3.05) is 25.0 Å². The van der Waals surface area contributed by atoms with Crippen LogP contribution in [0.25, 0.3) is 0 Å². The molecule has 0 spiro atoms. The number of carbonyl (C=O) groups is 2. The van der Waals surface area contributed by atoms with E-state index in [1.807, 2.05) is 41.3 Å². The fraction of sp³-hybridized carbons (Fsp3) is 0.476. The Morgan fingerprint density at radius 3 is 2.59 bits per heavy atom. The fourth-order valence-corrected chi connectivity index (χ4v) is 3.52. The van der Waals surface area contributed by atoms with Crippen LogP contribution in [0, 0.1) is 0 Å². The maximum Gasteiger partial charge on any atom is 0.278 e. The zero-order valence-corrected chi connectivity index (χ0v) is 16.1. The highest BCUT2D eigenvalue weighted by Crippen LogP contribution is 2.28. The molecular formula is C21H28N4O2. The summed E-state index contributed by atoms with van der Waals surface area (Å²) >= 11 is 0. The number of nitrogens with one attached hydrogen (secondary N) is 1. The van der Waals surface area contributed by atoms with Gasteiger partial charge in [0.05, 0.1) is 0 Å². The average Bonchev–Trinajstić information content (AvgIpc) is 3.22. The van der Waals surface area contributed by atoms with Gasteiger partial charge in [0.2, 0.25) is 5.91 Å². The Hall–Kier alpha value is -2.63. The molecule has 1 aliphatic heterocycles. The van der Waals surface area contributed by atoms with Gasteiger partial charge in [-0.2, -0.15) is 5.10 Å². The van der Waals surface area contributed by atoms with Crippen molar-refractivity contribution < 1.29 is 9.59 Å². The summed E-state index contributed by atoms with van der Waals surface area (Å²) < 4.78 is 0. The van der Waals surface area contributed by atoms with Crippen molar-refractivity contribution in [3.8, 4) is 0 Å². The Morgan fingerprint density at radius 1 is 1.22 bits per heavy atom. The molecule has 0 saturated carbocycles. The molecule has 2 heterocycles. The SMILES string of the molecule is CCCCC(=O)N1CCC(c2cc(C(=O)N(C)c3ccccc3)n[nH]2)CC1. The predicted octanol–water partition coefficient (Wildman–Crippen LogP) is 3.58. The number of amides is 2. The molecule has 27 heavy (non-hydrogen) atoms. The molecular weight excluding hydrogens is 340 g/mol. The molecule has 0 unspecified atom stereocenters. The zero-order chi connectivity index (χ0) is 19.2. The summed E-state index contributed by atoms with van der Waals surface area (Å²) in [4.78, 5) is 28.4. The number of anilines is 1. The molecule has 0 bridgehead atoms. The van der Waals surface area contributed by atoms with Crippen molar-refractivity contribution in [2.24, 2.45) is 0 Å². The lowest BCUT2D eigenvalue weighted by atomic mass is 9.93. The van der Waals surface area contributed by atoms with Gasteiger partial charge in [-0.05, 0) is 37.5 Å². The molecule has 1 N–H and O–H groups in total. The number of carbonyl (C=O) groups excluding carboxylic acids is 2. The first-order valence-electron chi connectivity index (χ1n) is 9.76. The van der Waals surface area contributed by atoms with Gasteiger partial charge in [0.25, 0.3) is 5.91 Å². The van der Waals surface area contributed by atoms with E-state index in [9.17, 15) is 9.59 Å². The summed E-state index contributed by atoms with van der Waals surface area (Å²) in [6, 6.07) is 11.4. The monoisotopic (exact) mass is 368 g/mol. The van der Waals surface area contributed by atoms with Crippen LogP contribution in [0.3, 0.4) is 0 Å². The lowest BCUT2D eigenvalue weighted by molar-refractivity contribution is -0.132. The van der Waals surface area contributed by atoms with E-state index in [0.717, 1.165) is 50.2 Å². The molecule has 0 radical (unpaired) electrons. The number of hydrogen-bond donors (Lipinski definition) is 1. The standard InChI is InChI=1S/C21H28N4O2/c1-3-4-10-20(26)25-13-11-16(12-14-25)18-15-19(23-22-18)21(27)24(2)17-8-6-5-7-9-17/h5-9,15-16H,3-4,10-14H2,1-2H3,(H,22,23). The summed E-state index contributed by atoms with van der Waals surface area (Å²) in [7, 11) is 1.76. The Kier molecular flexibility index (Phi) is 6.27. The molecule has 2 aromatic rings. The number of hydrogen-bond acceptors (Lipinski definition) is 3. The number of nitrogens with zero attached hydrogens (tertiary/aromatic N) is 3. The van der Waals surface area contributed by atoms with Crippen molar-refractivity contribution >= 4 is 17.5 Å². The minimum Gasteiger partial charge on any atom is -0.343 e. The number of piperidine rings is 1. The Labute approximate surface area is 160 Å². The van der Waals surface area contributed by atoms with Crippen LogP contribution in [-0.4, -0.2) is 47.0 Å². The number of para-hydroxylation sites is 1. The van der Waals surface area contributed by atoms with Gasteiger partial charge in [0.15, 0.2) is 5.69 Å². The van der Waals surface area contributed by atoms with Crippen molar-refractivity contribution in [3.05, 3.63) is 47.8 Å². The number of aromatic nitrogens is 2. The highest BCUT2D eigenvalue weighted by molar-refractivity contribution is 6.04. The number of benzene rings is 1. The van der Waals surface area contributed by atoms with Gasteiger partial charge in [-0.25, -0.2) is 0 Å². The summed E-state index contributed by atoms with van der Waals surface area (Å²) in [5.41, 5.74) is 2.25. The minimum atomic E-state index is -0.129. The van der Waals surface area contributed by atoms with Crippen LogP contribution in [0.2, 0.25) is 0 Å². The Balaban J connectivity index is 1.58. The molecule has 1 aromatic carbocycles. The largest absolute Gasteiger partial charge is 0.343 e. The molecule has 1 aromatic heterocycles. The molecule has 0 atom stereocenters. The quantitative estimate of drug-likeness (QED) is 0.847. The van der Waals surface area contributed by atoms with Crippen LogP contribution in [0.1, 0.15) is 61.1 Å². The van der Waals surface area contributed by atoms with Crippen LogP contribution in [0.4, 0.5) is 5.69 Å². The summed E-state index contributed by atoms with van der Waals surface area (Å²) in [5.74, 6) is 0.451. The smallest absolute Gasteiger partial charge is 0.278 e. The number of unbranched alkanes of at least 4 members (excludes halogenated alkanes) is 1. The number of rotatable bonds is 6. The lowest BCUT2D eigenvalue weighted by Crippen LogP contribution is -2.37. The van der Waals surface area contributed by atoms with Gasteiger partial charge < -0.3 is 9.80 Å². The second kappa shape index (κ2) is 8.84. The van der Waals surface area contributed by atoms with Crippen molar-refractivity contribution in [1.29, 1.82) is 0 Å². The minimum absolute atomic E-state index is 0.129. The van der Waals surface area contributed by atoms with E-state index in [1.54, 1.807) is 11.9 Å². The molecule has 0 aliphatic carbocycles. The van der Waals surface area contributed by atoms with E-state index in [2.05, 4.69) is 17.1 Å². The van der Waals surface area contributed by atoms with Gasteiger partial charge >= 0.3 is 0 Å². The van der Waals surface area contributed by atoms with E-state index >= 15 is 0 Å². The predicted molar refractivity (Wildman–Crippen MR) is 106 cm³/mol. The molecule has 1 aliphatic rings. The van der Waals surface area contributed by atoms with Crippen LogP contribution in [0.5, 0.6) is 0 Å². The average molecular weight is 368 g/mol.